The first-order chi connectivity index (χ1) is 11.7. The van der Waals surface area contributed by atoms with Crippen molar-refractivity contribution in [1.29, 1.82) is 0 Å². The Morgan fingerprint density at radius 2 is 1.92 bits per heavy atom. The first kappa shape index (κ1) is 15.8. The maximum atomic E-state index is 11.8. The minimum atomic E-state index is -0.365. The summed E-state index contributed by atoms with van der Waals surface area (Å²) >= 11 is 5.99. The van der Waals surface area contributed by atoms with E-state index in [2.05, 4.69) is 25.9 Å². The molecular formula is C16H13ClN6O. The molecule has 0 aliphatic carbocycles. The quantitative estimate of drug-likeness (QED) is 0.569. The Hall–Kier alpha value is -3.06. The average molecular weight is 341 g/mol. The molecule has 0 spiro atoms. The van der Waals surface area contributed by atoms with Gasteiger partial charge in [-0.2, -0.15) is 9.90 Å². The molecule has 2 aromatic carbocycles. The van der Waals surface area contributed by atoms with Crippen LogP contribution in [0.3, 0.4) is 0 Å². The first-order valence-electron chi connectivity index (χ1n) is 7.12. The Bertz CT molecular complexity index is 862. The summed E-state index contributed by atoms with van der Waals surface area (Å²) in [7, 11) is 0. The smallest absolute Gasteiger partial charge is 0.263 e. The molecule has 24 heavy (non-hydrogen) atoms. The molecule has 0 saturated carbocycles. The number of nitrogens with zero attached hydrogens (tertiary/aromatic N) is 5. The topological polar surface area (TPSA) is 85.1 Å². The monoisotopic (exact) mass is 340 g/mol. The lowest BCUT2D eigenvalue weighted by Gasteiger charge is -1.99. The lowest BCUT2D eigenvalue weighted by atomic mass is 10.2. The molecule has 3 rings (SSSR count). The van der Waals surface area contributed by atoms with Crippen molar-refractivity contribution in [3.63, 3.8) is 0 Å². The predicted molar refractivity (Wildman–Crippen MR) is 90.4 cm³/mol. The number of benzene rings is 2. The number of hydrogen-bond acceptors (Lipinski definition) is 5. The molecule has 1 N–H and O–H groups in total. The van der Waals surface area contributed by atoms with Gasteiger partial charge in [-0.3, -0.25) is 4.79 Å². The molecule has 1 heterocycles. The van der Waals surface area contributed by atoms with E-state index in [4.69, 9.17) is 11.6 Å². The number of amides is 1. The maximum absolute atomic E-state index is 11.8. The van der Waals surface area contributed by atoms with Gasteiger partial charge in [-0.1, -0.05) is 60.1 Å². The molecule has 0 bridgehead atoms. The summed E-state index contributed by atoms with van der Waals surface area (Å²) in [5, 5.41) is 16.4. The van der Waals surface area contributed by atoms with Crippen LogP contribution in [-0.2, 0) is 11.3 Å². The van der Waals surface area contributed by atoms with Crippen molar-refractivity contribution in [3.8, 4) is 11.4 Å². The third kappa shape index (κ3) is 4.02. The number of tetrazole rings is 1. The van der Waals surface area contributed by atoms with E-state index in [-0.39, 0.29) is 12.5 Å². The average Bonchev–Trinajstić information content (AvgIpc) is 3.06. The Balaban J connectivity index is 1.58. The van der Waals surface area contributed by atoms with Crippen LogP contribution in [0.4, 0.5) is 0 Å². The number of carbonyl (C=O) groups excluding carboxylic acids is 1. The summed E-state index contributed by atoms with van der Waals surface area (Å²) in [4.78, 5) is 13.1. The van der Waals surface area contributed by atoms with E-state index in [0.29, 0.717) is 16.4 Å². The minimum absolute atomic E-state index is 0.0836. The number of aromatic nitrogens is 4. The van der Waals surface area contributed by atoms with Crippen LogP contribution in [-0.4, -0.2) is 32.3 Å². The fourth-order valence-electron chi connectivity index (χ4n) is 1.93. The van der Waals surface area contributed by atoms with Gasteiger partial charge in [-0.15, -0.1) is 10.2 Å². The fraction of sp³-hybridized carbons (Fsp3) is 0.0625. The zero-order valence-electron chi connectivity index (χ0n) is 12.5. The zero-order chi connectivity index (χ0) is 16.8. The summed E-state index contributed by atoms with van der Waals surface area (Å²) < 4.78 is 0. The molecule has 0 aliphatic heterocycles. The second-order valence-electron chi connectivity index (χ2n) is 4.82. The van der Waals surface area contributed by atoms with Crippen LogP contribution in [0.2, 0.25) is 5.02 Å². The van der Waals surface area contributed by atoms with Crippen LogP contribution in [0.25, 0.3) is 11.4 Å². The molecule has 0 fully saturated rings. The van der Waals surface area contributed by atoms with E-state index in [9.17, 15) is 4.79 Å². The Kier molecular flexibility index (Phi) is 4.93. The van der Waals surface area contributed by atoms with Gasteiger partial charge in [0.25, 0.3) is 5.91 Å². The van der Waals surface area contributed by atoms with Gasteiger partial charge in [0.2, 0.25) is 5.82 Å². The maximum Gasteiger partial charge on any atom is 0.263 e. The summed E-state index contributed by atoms with van der Waals surface area (Å²) in [6, 6.07) is 16.6. The lowest BCUT2D eigenvalue weighted by Crippen LogP contribution is -2.24. The number of carbonyl (C=O) groups is 1. The summed E-state index contributed by atoms with van der Waals surface area (Å²) in [5.41, 5.74) is 3.95. The molecular weight excluding hydrogens is 328 g/mol. The highest BCUT2D eigenvalue weighted by Gasteiger charge is 2.08. The molecule has 0 saturated heterocycles. The molecule has 1 amide bonds. The Labute approximate surface area is 143 Å². The third-order valence-corrected chi connectivity index (χ3v) is 3.41. The van der Waals surface area contributed by atoms with Gasteiger partial charge in [0, 0.05) is 16.1 Å². The van der Waals surface area contributed by atoms with Crippen molar-refractivity contribution in [2.24, 2.45) is 5.10 Å². The zero-order valence-corrected chi connectivity index (χ0v) is 13.3. The molecule has 0 aliphatic rings. The second kappa shape index (κ2) is 7.47. The number of rotatable bonds is 5. The van der Waals surface area contributed by atoms with Crippen LogP contribution in [0, 0.1) is 0 Å². The van der Waals surface area contributed by atoms with Crippen molar-refractivity contribution in [2.45, 2.75) is 6.54 Å². The molecule has 1 aromatic heterocycles. The fourth-order valence-corrected chi connectivity index (χ4v) is 2.11. The van der Waals surface area contributed by atoms with E-state index in [1.807, 2.05) is 42.5 Å². The van der Waals surface area contributed by atoms with Crippen LogP contribution < -0.4 is 5.43 Å². The van der Waals surface area contributed by atoms with E-state index in [0.717, 1.165) is 5.56 Å². The Morgan fingerprint density at radius 3 is 2.71 bits per heavy atom. The first-order valence-corrected chi connectivity index (χ1v) is 7.50. The molecule has 8 heteroatoms. The summed E-state index contributed by atoms with van der Waals surface area (Å²) in [6.07, 6.45) is 1.48. The highest BCUT2D eigenvalue weighted by atomic mass is 35.5. The molecule has 3 aromatic rings. The van der Waals surface area contributed by atoms with E-state index in [1.165, 1.54) is 11.0 Å². The number of hydrogen-bond donors (Lipinski definition) is 1. The van der Waals surface area contributed by atoms with Gasteiger partial charge in [0.15, 0.2) is 0 Å². The van der Waals surface area contributed by atoms with Crippen molar-refractivity contribution in [2.75, 3.05) is 0 Å². The second-order valence-corrected chi connectivity index (χ2v) is 5.23. The SMILES string of the molecule is O=C(Cn1nnc(-c2ccccc2)n1)NN=Cc1ccccc1Cl. The van der Waals surface area contributed by atoms with Crippen molar-refractivity contribution in [1.82, 2.24) is 25.6 Å². The minimum Gasteiger partial charge on any atom is -0.271 e. The van der Waals surface area contributed by atoms with Gasteiger partial charge < -0.3 is 0 Å². The standard InChI is InChI=1S/C16H13ClN6O/c17-14-9-5-4-8-13(14)10-18-19-15(24)11-23-21-16(20-22-23)12-6-2-1-3-7-12/h1-10H,11H2,(H,19,24). The molecule has 0 radical (unpaired) electrons. The molecule has 0 atom stereocenters. The number of hydrazone groups is 1. The summed E-state index contributed by atoms with van der Waals surface area (Å²) in [6.45, 7) is -0.0836. The molecule has 0 unspecified atom stereocenters. The highest BCUT2D eigenvalue weighted by molar-refractivity contribution is 6.33. The third-order valence-electron chi connectivity index (χ3n) is 3.07. The lowest BCUT2D eigenvalue weighted by molar-refractivity contribution is -0.122. The predicted octanol–water partition coefficient (Wildman–Crippen LogP) is 2.14. The number of nitrogens with one attached hydrogen (secondary N) is 1. The van der Waals surface area contributed by atoms with E-state index in [1.54, 1.807) is 12.1 Å². The van der Waals surface area contributed by atoms with Crippen molar-refractivity contribution < 1.29 is 4.79 Å². The van der Waals surface area contributed by atoms with E-state index < -0.39 is 0 Å². The van der Waals surface area contributed by atoms with Crippen molar-refractivity contribution in [3.05, 3.63) is 65.2 Å². The van der Waals surface area contributed by atoms with Crippen LogP contribution in [0.1, 0.15) is 5.56 Å². The van der Waals surface area contributed by atoms with Crippen LogP contribution in [0.15, 0.2) is 59.7 Å². The number of halogens is 1. The van der Waals surface area contributed by atoms with Gasteiger partial charge in [0.1, 0.15) is 6.54 Å². The summed E-state index contributed by atoms with van der Waals surface area (Å²) in [5.74, 6) is 0.0956. The van der Waals surface area contributed by atoms with E-state index >= 15 is 0 Å². The van der Waals surface area contributed by atoms with Crippen LogP contribution >= 0.6 is 11.6 Å². The van der Waals surface area contributed by atoms with Gasteiger partial charge in [0.05, 0.1) is 6.21 Å². The van der Waals surface area contributed by atoms with Gasteiger partial charge >= 0.3 is 0 Å². The van der Waals surface area contributed by atoms with Crippen molar-refractivity contribution >= 4 is 23.7 Å². The van der Waals surface area contributed by atoms with Gasteiger partial charge in [-0.25, -0.2) is 5.43 Å². The van der Waals surface area contributed by atoms with Crippen LogP contribution in [0.5, 0.6) is 0 Å². The largest absolute Gasteiger partial charge is 0.271 e. The Morgan fingerprint density at radius 1 is 1.17 bits per heavy atom. The normalized spacial score (nSPS) is 10.9. The molecule has 7 nitrogen and oxygen atoms in total. The van der Waals surface area contributed by atoms with Gasteiger partial charge in [-0.05, 0) is 11.3 Å². The highest BCUT2D eigenvalue weighted by Crippen LogP contribution is 2.12. The molecule has 120 valence electrons.